The quantitative estimate of drug-likeness (QED) is 0.555. The van der Waals surface area contributed by atoms with Crippen molar-refractivity contribution in [3.05, 3.63) is 83.4 Å². The summed E-state index contributed by atoms with van der Waals surface area (Å²) >= 11 is 0. The van der Waals surface area contributed by atoms with E-state index in [1.165, 1.54) is 30.3 Å². The number of ether oxygens (including phenoxy) is 1. The van der Waals surface area contributed by atoms with Gasteiger partial charge in [0, 0.05) is 6.54 Å². The van der Waals surface area contributed by atoms with E-state index >= 15 is 0 Å². The molecular formula is C23H25NO5S2. The van der Waals surface area contributed by atoms with E-state index < -0.39 is 19.9 Å². The third-order valence-electron chi connectivity index (χ3n) is 4.93. The van der Waals surface area contributed by atoms with Gasteiger partial charge in [0.1, 0.15) is 5.75 Å². The molecule has 0 saturated carbocycles. The molecule has 0 spiro atoms. The second-order valence-electron chi connectivity index (χ2n) is 7.24. The monoisotopic (exact) mass is 459 g/mol. The Morgan fingerprint density at radius 2 is 1.52 bits per heavy atom. The van der Waals surface area contributed by atoms with Gasteiger partial charge in [0.2, 0.25) is 19.9 Å². The largest absolute Gasteiger partial charge is 0.497 e. The number of sulfone groups is 1. The van der Waals surface area contributed by atoms with Crippen molar-refractivity contribution in [1.29, 1.82) is 0 Å². The number of methoxy groups -OCH3 is 1. The number of benzene rings is 3. The summed E-state index contributed by atoms with van der Waals surface area (Å²) < 4.78 is 59.5. The number of rotatable bonds is 8. The molecule has 3 rings (SSSR count). The van der Waals surface area contributed by atoms with Gasteiger partial charge in [-0.15, -0.1) is 0 Å². The second-order valence-corrected chi connectivity index (χ2v) is 10.9. The van der Waals surface area contributed by atoms with E-state index in [0.717, 1.165) is 11.1 Å². The van der Waals surface area contributed by atoms with Crippen LogP contribution in [0.3, 0.4) is 0 Å². The fourth-order valence-electron chi connectivity index (χ4n) is 3.13. The van der Waals surface area contributed by atoms with Gasteiger partial charge in [0.25, 0.3) is 0 Å². The second kappa shape index (κ2) is 9.21. The Labute approximate surface area is 183 Å². The number of aryl methyl sites for hydroxylation is 2. The Morgan fingerprint density at radius 1 is 0.839 bits per heavy atom. The van der Waals surface area contributed by atoms with Crippen LogP contribution in [0.5, 0.6) is 5.75 Å². The van der Waals surface area contributed by atoms with Gasteiger partial charge >= 0.3 is 0 Å². The summed E-state index contributed by atoms with van der Waals surface area (Å²) in [5, 5.41) is 0. The molecule has 0 heterocycles. The minimum absolute atomic E-state index is 0.0497. The van der Waals surface area contributed by atoms with E-state index in [9.17, 15) is 16.8 Å². The minimum atomic E-state index is -3.89. The third kappa shape index (κ3) is 5.33. The molecule has 3 aromatic carbocycles. The highest BCUT2D eigenvalue weighted by Crippen LogP contribution is 2.25. The van der Waals surface area contributed by atoms with Crippen LogP contribution in [0.2, 0.25) is 0 Å². The Balaban J connectivity index is 1.83. The highest BCUT2D eigenvalue weighted by Gasteiger charge is 2.23. The molecule has 0 aliphatic carbocycles. The van der Waals surface area contributed by atoms with Crippen LogP contribution in [0, 0.1) is 13.8 Å². The third-order valence-corrected chi connectivity index (χ3v) is 8.30. The summed E-state index contributed by atoms with van der Waals surface area (Å²) in [6.07, 6.45) is 0.469. The number of sulfonamides is 1. The molecule has 0 atom stereocenters. The lowest BCUT2D eigenvalue weighted by Crippen LogP contribution is -2.27. The van der Waals surface area contributed by atoms with Gasteiger partial charge in [0.05, 0.1) is 21.8 Å². The van der Waals surface area contributed by atoms with Crippen molar-refractivity contribution in [3.63, 3.8) is 0 Å². The van der Waals surface area contributed by atoms with Crippen LogP contribution in [0.25, 0.3) is 0 Å². The van der Waals surface area contributed by atoms with Gasteiger partial charge in [-0.1, -0.05) is 35.9 Å². The predicted octanol–water partition coefficient (Wildman–Crippen LogP) is 3.67. The zero-order valence-corrected chi connectivity index (χ0v) is 19.3. The first kappa shape index (κ1) is 23.0. The van der Waals surface area contributed by atoms with E-state index in [4.69, 9.17) is 4.74 Å². The molecule has 0 fully saturated rings. The lowest BCUT2D eigenvalue weighted by atomic mass is 10.1. The zero-order chi connectivity index (χ0) is 22.6. The highest BCUT2D eigenvalue weighted by molar-refractivity contribution is 7.91. The summed E-state index contributed by atoms with van der Waals surface area (Å²) in [7, 11) is -6.16. The summed E-state index contributed by atoms with van der Waals surface area (Å²) in [6.45, 7) is 3.67. The van der Waals surface area contributed by atoms with Crippen LogP contribution < -0.4 is 9.46 Å². The molecule has 164 valence electrons. The molecule has 6 nitrogen and oxygen atoms in total. The van der Waals surface area contributed by atoms with Crippen LogP contribution in [0.1, 0.15) is 16.7 Å². The van der Waals surface area contributed by atoms with Crippen molar-refractivity contribution in [1.82, 2.24) is 4.72 Å². The maximum atomic E-state index is 13.0. The Hall–Kier alpha value is -2.68. The van der Waals surface area contributed by atoms with Crippen LogP contribution in [0.4, 0.5) is 0 Å². The molecule has 0 bridgehead atoms. The van der Waals surface area contributed by atoms with Crippen molar-refractivity contribution in [2.75, 3.05) is 13.7 Å². The van der Waals surface area contributed by atoms with Crippen LogP contribution in [0.15, 0.2) is 81.4 Å². The Kier molecular flexibility index (Phi) is 6.83. The van der Waals surface area contributed by atoms with Gasteiger partial charge in [-0.25, -0.2) is 21.6 Å². The molecule has 8 heteroatoms. The van der Waals surface area contributed by atoms with Gasteiger partial charge < -0.3 is 4.74 Å². The molecule has 0 amide bonds. The van der Waals surface area contributed by atoms with Gasteiger partial charge in [-0.2, -0.15) is 0 Å². The SMILES string of the molecule is COc1cccc(CCNS(=O)(=O)c2cc(S(=O)(=O)c3ccc(C)cc3)ccc2C)c1. The van der Waals surface area contributed by atoms with E-state index in [0.29, 0.717) is 17.7 Å². The highest BCUT2D eigenvalue weighted by atomic mass is 32.2. The van der Waals surface area contributed by atoms with Crippen molar-refractivity contribution in [3.8, 4) is 5.75 Å². The first-order valence-corrected chi connectivity index (χ1v) is 12.6. The van der Waals surface area contributed by atoms with Crippen LogP contribution >= 0.6 is 0 Å². The van der Waals surface area contributed by atoms with E-state index in [2.05, 4.69) is 4.72 Å². The fourth-order valence-corrected chi connectivity index (χ4v) is 5.79. The van der Waals surface area contributed by atoms with Crippen LogP contribution in [-0.4, -0.2) is 30.5 Å². The van der Waals surface area contributed by atoms with Gasteiger partial charge in [-0.3, -0.25) is 0 Å². The van der Waals surface area contributed by atoms with E-state index in [1.807, 2.05) is 31.2 Å². The van der Waals surface area contributed by atoms with Crippen molar-refractivity contribution in [2.24, 2.45) is 0 Å². The maximum absolute atomic E-state index is 13.0. The lowest BCUT2D eigenvalue weighted by Gasteiger charge is -2.12. The zero-order valence-electron chi connectivity index (χ0n) is 17.6. The maximum Gasteiger partial charge on any atom is 0.240 e. The predicted molar refractivity (Wildman–Crippen MR) is 120 cm³/mol. The number of hydrogen-bond donors (Lipinski definition) is 1. The lowest BCUT2D eigenvalue weighted by molar-refractivity contribution is 0.414. The topological polar surface area (TPSA) is 89.5 Å². The molecule has 0 aliphatic rings. The minimum Gasteiger partial charge on any atom is -0.497 e. The molecule has 31 heavy (non-hydrogen) atoms. The van der Waals surface area contributed by atoms with Crippen LogP contribution in [-0.2, 0) is 26.3 Å². The van der Waals surface area contributed by atoms with Crippen molar-refractivity contribution < 1.29 is 21.6 Å². The summed E-state index contributed by atoms with van der Waals surface area (Å²) in [4.78, 5) is 0.0118. The van der Waals surface area contributed by atoms with E-state index in [-0.39, 0.29) is 21.2 Å². The smallest absolute Gasteiger partial charge is 0.240 e. The normalized spacial score (nSPS) is 12.0. The van der Waals surface area contributed by atoms with Gasteiger partial charge in [0.15, 0.2) is 0 Å². The average molecular weight is 460 g/mol. The molecule has 1 N–H and O–H groups in total. The number of hydrogen-bond acceptors (Lipinski definition) is 5. The first-order valence-electron chi connectivity index (χ1n) is 9.68. The van der Waals surface area contributed by atoms with Crippen molar-refractivity contribution in [2.45, 2.75) is 35.0 Å². The molecular weight excluding hydrogens is 434 g/mol. The molecule has 3 aromatic rings. The molecule has 0 aliphatic heterocycles. The standard InChI is InChI=1S/C23H25NO5S2/c1-17-7-10-21(11-8-17)30(25,26)22-12-9-18(2)23(16-22)31(27,28)24-14-13-19-5-4-6-20(15-19)29-3/h4-12,15-16,24H,13-14H2,1-3H3. The summed E-state index contributed by atoms with van der Waals surface area (Å²) in [6, 6.07) is 18.0. The fraction of sp³-hybridized carbons (Fsp3) is 0.217. The first-order chi connectivity index (χ1) is 14.6. The molecule has 0 radical (unpaired) electrons. The van der Waals surface area contributed by atoms with Crippen molar-refractivity contribution >= 4 is 19.9 Å². The average Bonchev–Trinajstić information content (AvgIpc) is 2.74. The molecule has 0 unspecified atom stereocenters. The van der Waals surface area contributed by atoms with Gasteiger partial charge in [-0.05, 0) is 67.8 Å². The van der Waals surface area contributed by atoms with E-state index in [1.54, 1.807) is 26.2 Å². The summed E-state index contributed by atoms with van der Waals surface area (Å²) in [5.74, 6) is 0.699. The molecule has 0 saturated heterocycles. The Morgan fingerprint density at radius 3 is 2.19 bits per heavy atom. The molecule has 0 aromatic heterocycles. The summed E-state index contributed by atoms with van der Waals surface area (Å²) in [5.41, 5.74) is 2.33. The Bertz CT molecular complexity index is 1280. The number of nitrogens with one attached hydrogen (secondary N) is 1.